The number of ether oxygens (including phenoxy) is 1. The highest BCUT2D eigenvalue weighted by molar-refractivity contribution is 7.89. The molecule has 0 spiro atoms. The monoisotopic (exact) mass is 272 g/mol. The molecule has 0 saturated heterocycles. The van der Waals surface area contributed by atoms with E-state index in [-0.39, 0.29) is 11.4 Å². The van der Waals surface area contributed by atoms with Crippen LogP contribution in [-0.2, 0) is 19.6 Å². The Hall–Kier alpha value is -1.47. The highest BCUT2D eigenvalue weighted by Gasteiger charge is 2.15. The molecule has 18 heavy (non-hydrogen) atoms. The van der Waals surface area contributed by atoms with E-state index in [1.54, 1.807) is 0 Å². The van der Waals surface area contributed by atoms with Crippen LogP contribution >= 0.6 is 0 Å². The van der Waals surface area contributed by atoms with Gasteiger partial charge in [-0.1, -0.05) is 13.3 Å². The third kappa shape index (κ3) is 4.80. The molecular weight excluding hydrogens is 256 g/mol. The minimum absolute atomic E-state index is 0.0198. The van der Waals surface area contributed by atoms with Gasteiger partial charge in [-0.3, -0.25) is 9.78 Å². The SMILES string of the molecule is CCCCOC(=O)CNS(=O)(=O)c1cccnc1. The van der Waals surface area contributed by atoms with Crippen molar-refractivity contribution in [2.24, 2.45) is 0 Å². The van der Waals surface area contributed by atoms with Gasteiger partial charge < -0.3 is 4.74 Å². The lowest BCUT2D eigenvalue weighted by Crippen LogP contribution is -2.30. The Kier molecular flexibility index (Phi) is 5.73. The van der Waals surface area contributed by atoms with Crippen molar-refractivity contribution in [3.63, 3.8) is 0 Å². The average Bonchev–Trinajstić information content (AvgIpc) is 2.38. The quantitative estimate of drug-likeness (QED) is 0.583. The van der Waals surface area contributed by atoms with Crippen LogP contribution in [0.3, 0.4) is 0 Å². The van der Waals surface area contributed by atoms with Crippen LogP contribution in [0.1, 0.15) is 19.8 Å². The summed E-state index contributed by atoms with van der Waals surface area (Å²) in [6.07, 6.45) is 4.36. The standard InChI is InChI=1S/C11H16N2O4S/c1-2-3-7-17-11(14)9-13-18(15,16)10-5-4-6-12-8-10/h4-6,8,13H,2-3,7,9H2,1H3. The zero-order valence-electron chi connectivity index (χ0n) is 10.1. The van der Waals surface area contributed by atoms with Crippen molar-refractivity contribution in [2.75, 3.05) is 13.2 Å². The molecule has 0 aromatic carbocycles. The maximum Gasteiger partial charge on any atom is 0.321 e. The molecule has 1 aromatic heterocycles. The number of rotatable bonds is 7. The highest BCUT2D eigenvalue weighted by Crippen LogP contribution is 2.04. The topological polar surface area (TPSA) is 85.4 Å². The molecule has 0 unspecified atom stereocenters. The smallest absolute Gasteiger partial charge is 0.321 e. The average molecular weight is 272 g/mol. The number of unbranched alkanes of at least 4 members (excludes halogenated alkanes) is 1. The maximum atomic E-state index is 11.7. The number of carbonyl (C=O) groups excluding carboxylic acids is 1. The van der Waals surface area contributed by atoms with Crippen molar-refractivity contribution in [3.05, 3.63) is 24.5 Å². The Labute approximate surface area is 106 Å². The summed E-state index contributed by atoms with van der Waals surface area (Å²) in [5.41, 5.74) is 0. The first-order valence-electron chi connectivity index (χ1n) is 5.61. The summed E-state index contributed by atoms with van der Waals surface area (Å²) in [7, 11) is -3.70. The van der Waals surface area contributed by atoms with Crippen LogP contribution in [0.15, 0.2) is 29.4 Å². The van der Waals surface area contributed by atoms with Crippen LogP contribution < -0.4 is 4.72 Å². The van der Waals surface area contributed by atoms with E-state index in [4.69, 9.17) is 4.74 Å². The fourth-order valence-corrected chi connectivity index (χ4v) is 2.06. The van der Waals surface area contributed by atoms with Crippen LogP contribution in [0.25, 0.3) is 0 Å². The normalized spacial score (nSPS) is 11.2. The molecule has 100 valence electrons. The van der Waals surface area contributed by atoms with E-state index in [0.717, 1.165) is 12.8 Å². The van der Waals surface area contributed by atoms with Gasteiger partial charge >= 0.3 is 5.97 Å². The number of aromatic nitrogens is 1. The molecule has 0 aliphatic heterocycles. The first-order chi connectivity index (χ1) is 8.56. The van der Waals surface area contributed by atoms with Crippen molar-refractivity contribution >= 4 is 16.0 Å². The van der Waals surface area contributed by atoms with Gasteiger partial charge in [0.1, 0.15) is 11.4 Å². The predicted molar refractivity (Wildman–Crippen MR) is 65.3 cm³/mol. The van der Waals surface area contributed by atoms with E-state index in [1.165, 1.54) is 24.5 Å². The Bertz CT molecular complexity index is 473. The summed E-state index contributed by atoms with van der Waals surface area (Å²) in [6, 6.07) is 2.91. The minimum atomic E-state index is -3.70. The van der Waals surface area contributed by atoms with Gasteiger partial charge in [-0.2, -0.15) is 4.72 Å². The van der Waals surface area contributed by atoms with Gasteiger partial charge in [0.05, 0.1) is 6.61 Å². The third-order valence-corrected chi connectivity index (χ3v) is 3.50. The molecule has 7 heteroatoms. The summed E-state index contributed by atoms with van der Waals surface area (Å²) in [5, 5.41) is 0. The van der Waals surface area contributed by atoms with Crippen molar-refractivity contribution in [2.45, 2.75) is 24.7 Å². The van der Waals surface area contributed by atoms with Gasteiger partial charge in [0.2, 0.25) is 10.0 Å². The van der Waals surface area contributed by atoms with Gasteiger partial charge in [0.25, 0.3) is 0 Å². The first kappa shape index (κ1) is 14.6. The van der Waals surface area contributed by atoms with Gasteiger partial charge in [-0.15, -0.1) is 0 Å². The summed E-state index contributed by atoms with van der Waals surface area (Å²) in [5.74, 6) is -0.587. The molecule has 0 saturated carbocycles. The second-order valence-corrected chi connectivity index (χ2v) is 5.35. The van der Waals surface area contributed by atoms with Crippen LogP contribution in [0, 0.1) is 0 Å². The van der Waals surface area contributed by atoms with Crippen molar-refractivity contribution in [3.8, 4) is 0 Å². The van der Waals surface area contributed by atoms with Gasteiger partial charge in [0.15, 0.2) is 0 Å². The fourth-order valence-electron chi connectivity index (χ4n) is 1.12. The van der Waals surface area contributed by atoms with Gasteiger partial charge in [0, 0.05) is 12.4 Å². The molecule has 0 radical (unpaired) electrons. The van der Waals surface area contributed by atoms with Crippen LogP contribution in [-0.4, -0.2) is 32.5 Å². The Balaban J connectivity index is 2.46. The number of hydrogen-bond acceptors (Lipinski definition) is 5. The molecule has 1 rings (SSSR count). The van der Waals surface area contributed by atoms with Crippen molar-refractivity contribution < 1.29 is 17.9 Å². The second-order valence-electron chi connectivity index (χ2n) is 3.59. The number of hydrogen-bond donors (Lipinski definition) is 1. The number of esters is 1. The molecular formula is C11H16N2O4S. The molecule has 0 aliphatic carbocycles. The minimum Gasteiger partial charge on any atom is -0.465 e. The second kappa shape index (κ2) is 7.07. The van der Waals surface area contributed by atoms with Crippen LogP contribution in [0.5, 0.6) is 0 Å². The molecule has 0 atom stereocenters. The molecule has 0 bridgehead atoms. The molecule has 0 aliphatic rings. The molecule has 1 heterocycles. The number of pyridine rings is 1. The number of sulfonamides is 1. The number of carbonyl (C=O) groups is 1. The number of nitrogens with one attached hydrogen (secondary N) is 1. The molecule has 0 amide bonds. The van der Waals surface area contributed by atoms with Crippen LogP contribution in [0.4, 0.5) is 0 Å². The molecule has 6 nitrogen and oxygen atoms in total. The maximum absolute atomic E-state index is 11.7. The summed E-state index contributed by atoms with van der Waals surface area (Å²) < 4.78 is 30.4. The van der Waals surface area contributed by atoms with E-state index in [2.05, 4.69) is 9.71 Å². The van der Waals surface area contributed by atoms with E-state index in [0.29, 0.717) is 6.61 Å². The molecule has 1 aromatic rings. The largest absolute Gasteiger partial charge is 0.465 e. The summed E-state index contributed by atoms with van der Waals surface area (Å²) >= 11 is 0. The van der Waals surface area contributed by atoms with Gasteiger partial charge in [-0.05, 0) is 18.6 Å². The summed E-state index contributed by atoms with van der Waals surface area (Å²) in [4.78, 5) is 15.0. The van der Waals surface area contributed by atoms with E-state index in [9.17, 15) is 13.2 Å². The molecule has 0 fully saturated rings. The third-order valence-electron chi connectivity index (χ3n) is 2.11. The Morgan fingerprint density at radius 1 is 1.50 bits per heavy atom. The Morgan fingerprint density at radius 2 is 2.28 bits per heavy atom. The van der Waals surface area contributed by atoms with E-state index in [1.807, 2.05) is 6.92 Å². The lowest BCUT2D eigenvalue weighted by molar-refractivity contribution is -0.142. The summed E-state index contributed by atoms with van der Waals surface area (Å²) in [6.45, 7) is 1.91. The van der Waals surface area contributed by atoms with Crippen molar-refractivity contribution in [1.29, 1.82) is 0 Å². The fraction of sp³-hybridized carbons (Fsp3) is 0.455. The lowest BCUT2D eigenvalue weighted by Gasteiger charge is -2.06. The molecule has 1 N–H and O–H groups in total. The lowest BCUT2D eigenvalue weighted by atomic mass is 10.4. The van der Waals surface area contributed by atoms with Gasteiger partial charge in [-0.25, -0.2) is 8.42 Å². The zero-order valence-corrected chi connectivity index (χ0v) is 10.9. The highest BCUT2D eigenvalue weighted by atomic mass is 32.2. The van der Waals surface area contributed by atoms with E-state index < -0.39 is 16.0 Å². The first-order valence-corrected chi connectivity index (χ1v) is 7.10. The predicted octanol–water partition coefficient (Wildman–Crippen LogP) is 0.703. The van der Waals surface area contributed by atoms with Crippen molar-refractivity contribution in [1.82, 2.24) is 9.71 Å². The Morgan fingerprint density at radius 3 is 2.89 bits per heavy atom. The zero-order chi connectivity index (χ0) is 13.4. The number of nitrogens with zero attached hydrogens (tertiary/aromatic N) is 1. The van der Waals surface area contributed by atoms with E-state index >= 15 is 0 Å². The van der Waals surface area contributed by atoms with Crippen LogP contribution in [0.2, 0.25) is 0 Å².